The van der Waals surface area contributed by atoms with Crippen molar-refractivity contribution in [3.05, 3.63) is 95.8 Å². The number of para-hydroxylation sites is 1. The molecule has 0 atom stereocenters. The van der Waals surface area contributed by atoms with Crippen molar-refractivity contribution in [1.82, 2.24) is 19.1 Å². The molecule has 1 saturated heterocycles. The molecule has 0 N–H and O–H groups in total. The van der Waals surface area contributed by atoms with Crippen LogP contribution in [-0.2, 0) is 32.6 Å². The number of carbonyl (C=O) groups is 1. The van der Waals surface area contributed by atoms with E-state index in [2.05, 4.69) is 9.88 Å². The largest absolute Gasteiger partial charge is 0.464 e. The minimum atomic E-state index is -4.11. The lowest BCUT2D eigenvalue weighted by atomic mass is 10.2. The van der Waals surface area contributed by atoms with Crippen LogP contribution in [0.3, 0.4) is 0 Å². The number of fused-ring (bicyclic) bond motifs is 1. The number of aromatic nitrogens is 1. The Morgan fingerprint density at radius 2 is 1.76 bits per heavy atom. The maximum Gasteiger partial charge on any atom is 0.245 e. The van der Waals surface area contributed by atoms with Crippen LogP contribution in [0.15, 0.2) is 82.2 Å². The van der Waals surface area contributed by atoms with Crippen molar-refractivity contribution in [2.75, 3.05) is 45.9 Å². The molecule has 1 amide bonds. The molecule has 2 aromatic heterocycles. The Hall–Kier alpha value is -3.64. The van der Waals surface area contributed by atoms with E-state index in [9.17, 15) is 17.6 Å². The molecule has 216 valence electrons. The molecule has 0 bridgehead atoms. The fourth-order valence-electron chi connectivity index (χ4n) is 4.84. The number of carbonyl (C=O) groups excluding carboxylic acids is 1. The predicted molar refractivity (Wildman–Crippen MR) is 152 cm³/mol. The molecule has 0 saturated carbocycles. The summed E-state index contributed by atoms with van der Waals surface area (Å²) in [6, 6.07) is 18.1. The summed E-state index contributed by atoms with van der Waals surface area (Å²) in [5, 5.41) is 0.694. The fraction of sp³-hybridized carbons (Fsp3) is 0.333. The lowest BCUT2D eigenvalue weighted by Gasteiger charge is -2.31. The van der Waals surface area contributed by atoms with Crippen molar-refractivity contribution in [2.24, 2.45) is 0 Å². The van der Waals surface area contributed by atoms with Gasteiger partial charge < -0.3 is 14.1 Å². The molecule has 0 unspecified atom stereocenters. The number of benzene rings is 2. The third kappa shape index (κ3) is 7.17. The van der Waals surface area contributed by atoms with E-state index in [0.29, 0.717) is 60.8 Å². The third-order valence-corrected chi connectivity index (χ3v) is 8.95. The number of hydrogen-bond donors (Lipinski definition) is 0. The van der Waals surface area contributed by atoms with Crippen molar-refractivity contribution in [3.8, 4) is 0 Å². The first kappa shape index (κ1) is 28.9. The minimum absolute atomic E-state index is 0.0529. The van der Waals surface area contributed by atoms with Crippen LogP contribution in [0.4, 0.5) is 4.39 Å². The average molecular weight is 581 g/mol. The lowest BCUT2D eigenvalue weighted by molar-refractivity contribution is -0.133. The Morgan fingerprint density at radius 1 is 1.00 bits per heavy atom. The molecule has 1 aliphatic heterocycles. The first-order chi connectivity index (χ1) is 19.8. The normalized spacial score (nSPS) is 14.5. The van der Waals surface area contributed by atoms with Crippen LogP contribution in [0.1, 0.15) is 17.1 Å². The minimum Gasteiger partial charge on any atom is -0.464 e. The number of ether oxygens (including phenoxy) is 1. The van der Waals surface area contributed by atoms with Crippen LogP contribution in [0, 0.1) is 12.7 Å². The molecule has 1 fully saturated rings. The molecule has 4 aromatic rings. The number of amides is 1. The maximum absolute atomic E-state index is 14.1. The van der Waals surface area contributed by atoms with Gasteiger partial charge in [-0.05, 0) is 48.9 Å². The average Bonchev–Trinajstić information content (AvgIpc) is 3.40. The number of morpholine rings is 1. The number of sulfonamides is 1. The zero-order valence-electron chi connectivity index (χ0n) is 22.9. The second kappa shape index (κ2) is 12.9. The number of rotatable bonds is 11. The van der Waals surface area contributed by atoms with Crippen molar-refractivity contribution in [1.29, 1.82) is 0 Å². The van der Waals surface area contributed by atoms with Crippen molar-refractivity contribution in [3.63, 3.8) is 0 Å². The predicted octanol–water partition coefficient (Wildman–Crippen LogP) is 3.83. The second-order valence-corrected chi connectivity index (χ2v) is 11.9. The number of pyridine rings is 1. The number of nitrogens with zero attached hydrogens (tertiary/aromatic N) is 4. The van der Waals surface area contributed by atoms with Crippen LogP contribution >= 0.6 is 0 Å². The summed E-state index contributed by atoms with van der Waals surface area (Å²) >= 11 is 0. The second-order valence-electron chi connectivity index (χ2n) is 10.0. The van der Waals surface area contributed by atoms with Gasteiger partial charge in [0.2, 0.25) is 15.9 Å². The number of hydrogen-bond acceptors (Lipinski definition) is 7. The first-order valence-corrected chi connectivity index (χ1v) is 14.9. The molecule has 41 heavy (non-hydrogen) atoms. The Bertz CT molecular complexity index is 1580. The fourth-order valence-corrected chi connectivity index (χ4v) is 6.38. The highest BCUT2D eigenvalue weighted by Crippen LogP contribution is 2.25. The van der Waals surface area contributed by atoms with Crippen LogP contribution in [0.5, 0.6) is 0 Å². The van der Waals surface area contributed by atoms with E-state index >= 15 is 0 Å². The van der Waals surface area contributed by atoms with Gasteiger partial charge in [0, 0.05) is 44.3 Å². The highest BCUT2D eigenvalue weighted by atomic mass is 32.2. The third-order valence-electron chi connectivity index (χ3n) is 7.08. The topological polar surface area (TPSA) is 96.2 Å². The number of furan rings is 1. The summed E-state index contributed by atoms with van der Waals surface area (Å²) in [6.45, 7) is 4.82. The summed E-state index contributed by atoms with van der Waals surface area (Å²) in [4.78, 5) is 21.9. The Morgan fingerprint density at radius 3 is 2.49 bits per heavy atom. The molecular weight excluding hydrogens is 547 g/mol. The van der Waals surface area contributed by atoms with E-state index in [4.69, 9.17) is 9.15 Å². The van der Waals surface area contributed by atoms with Crippen molar-refractivity contribution in [2.45, 2.75) is 24.9 Å². The van der Waals surface area contributed by atoms with Gasteiger partial charge in [-0.3, -0.25) is 14.7 Å². The smallest absolute Gasteiger partial charge is 0.245 e. The molecular formula is C30H33FN4O5S. The molecule has 5 rings (SSSR count). The zero-order chi connectivity index (χ0) is 28.8. The first-order valence-electron chi connectivity index (χ1n) is 13.5. The molecule has 9 nitrogen and oxygen atoms in total. The Labute approximate surface area is 239 Å². The molecule has 3 heterocycles. The Kier molecular flexibility index (Phi) is 9.09. The SMILES string of the molecule is Cc1ccc(CN(Cc2ccc(F)cc2)C(=O)CN(CCN2CCOCC2)S(=O)(=O)c2cccc3cccnc23)o1. The molecule has 0 radical (unpaired) electrons. The van der Waals surface area contributed by atoms with Crippen molar-refractivity contribution >= 4 is 26.8 Å². The van der Waals surface area contributed by atoms with Gasteiger partial charge >= 0.3 is 0 Å². The van der Waals surface area contributed by atoms with Gasteiger partial charge in [-0.1, -0.05) is 30.3 Å². The Balaban J connectivity index is 1.45. The van der Waals surface area contributed by atoms with E-state index in [0.717, 1.165) is 0 Å². The molecule has 2 aromatic carbocycles. The van der Waals surface area contributed by atoms with Gasteiger partial charge in [0.25, 0.3) is 0 Å². The van der Waals surface area contributed by atoms with Crippen molar-refractivity contribution < 1.29 is 26.8 Å². The van der Waals surface area contributed by atoms with Crippen LogP contribution in [0.25, 0.3) is 10.9 Å². The lowest BCUT2D eigenvalue weighted by Crippen LogP contribution is -2.47. The molecule has 1 aliphatic rings. The van der Waals surface area contributed by atoms with Gasteiger partial charge in [0.05, 0.1) is 31.8 Å². The van der Waals surface area contributed by atoms with E-state index in [1.807, 2.05) is 13.0 Å². The zero-order valence-corrected chi connectivity index (χ0v) is 23.7. The van der Waals surface area contributed by atoms with Crippen LogP contribution < -0.4 is 0 Å². The quantitative estimate of drug-likeness (QED) is 0.266. The van der Waals surface area contributed by atoms with Gasteiger partial charge in [-0.2, -0.15) is 4.31 Å². The van der Waals surface area contributed by atoms with E-state index in [1.54, 1.807) is 48.7 Å². The van der Waals surface area contributed by atoms with E-state index in [-0.39, 0.29) is 36.9 Å². The van der Waals surface area contributed by atoms with Crippen LogP contribution in [-0.4, -0.2) is 79.4 Å². The summed E-state index contributed by atoms with van der Waals surface area (Å²) in [7, 11) is -4.11. The summed E-state index contributed by atoms with van der Waals surface area (Å²) in [5.74, 6) is 0.491. The number of aryl methyl sites for hydroxylation is 1. The summed E-state index contributed by atoms with van der Waals surface area (Å²) in [6.07, 6.45) is 1.56. The standard InChI is InChI=1S/C30H33FN4O5S/c1-23-7-12-27(40-23)21-34(20-24-8-10-26(31)11-9-24)29(36)22-35(15-14-33-16-18-39-19-17-33)41(37,38)28-6-2-4-25-5-3-13-32-30(25)28/h2-13H,14-22H2,1H3. The van der Waals surface area contributed by atoms with Gasteiger partial charge in [-0.15, -0.1) is 0 Å². The molecule has 11 heteroatoms. The number of halogens is 1. The van der Waals surface area contributed by atoms with Crippen LogP contribution in [0.2, 0.25) is 0 Å². The van der Waals surface area contributed by atoms with E-state index < -0.39 is 15.9 Å². The van der Waals surface area contributed by atoms with Gasteiger partial charge in [-0.25, -0.2) is 12.8 Å². The monoisotopic (exact) mass is 580 g/mol. The highest BCUT2D eigenvalue weighted by Gasteiger charge is 2.31. The summed E-state index contributed by atoms with van der Waals surface area (Å²) < 4.78 is 54.2. The van der Waals surface area contributed by atoms with Gasteiger partial charge in [0.15, 0.2) is 0 Å². The summed E-state index contributed by atoms with van der Waals surface area (Å²) in [5.41, 5.74) is 1.07. The van der Waals surface area contributed by atoms with E-state index in [1.165, 1.54) is 27.4 Å². The highest BCUT2D eigenvalue weighted by molar-refractivity contribution is 7.89. The maximum atomic E-state index is 14.1. The van der Waals surface area contributed by atoms with Gasteiger partial charge in [0.1, 0.15) is 22.2 Å². The molecule has 0 spiro atoms. The molecule has 0 aliphatic carbocycles.